The number of amides is 1. The smallest absolute Gasteiger partial charge is 0.259 e. The summed E-state index contributed by atoms with van der Waals surface area (Å²) in [4.78, 5) is 16.3. The molecule has 1 aliphatic carbocycles. The number of nitrogens with one attached hydrogen (secondary N) is 2. The Balaban J connectivity index is 1.82. The van der Waals surface area contributed by atoms with Gasteiger partial charge >= 0.3 is 0 Å². The number of hydrogen-bond donors (Lipinski definition) is 2. The molecular weight excluding hydrogens is 250 g/mol. The molecule has 4 nitrogen and oxygen atoms in total. The number of hydrogen-bond acceptors (Lipinski definition) is 3. The van der Waals surface area contributed by atoms with E-state index in [2.05, 4.69) is 27.8 Å². The van der Waals surface area contributed by atoms with Crippen molar-refractivity contribution in [2.45, 2.75) is 19.3 Å². The topological polar surface area (TPSA) is 54.0 Å². The third kappa shape index (κ3) is 2.37. The van der Waals surface area contributed by atoms with Crippen molar-refractivity contribution >= 4 is 17.3 Å². The monoisotopic (exact) mass is 267 g/mol. The molecule has 2 aromatic rings. The standard InChI is InChI=1S/C16H17N3O/c1-17-15-7-8-18-10-14(15)16(20)19-13-6-5-11-3-2-4-12(11)9-13/h5-10H,2-4H2,1H3,(H,17,18)(H,19,20). The van der Waals surface area contributed by atoms with Crippen LogP contribution in [0.4, 0.5) is 11.4 Å². The van der Waals surface area contributed by atoms with Crippen molar-refractivity contribution in [3.8, 4) is 0 Å². The molecule has 0 atom stereocenters. The van der Waals surface area contributed by atoms with E-state index in [-0.39, 0.29) is 5.91 Å². The molecule has 0 spiro atoms. The fraction of sp³-hybridized carbons (Fsp3) is 0.250. The number of nitrogens with zero attached hydrogens (tertiary/aromatic N) is 1. The van der Waals surface area contributed by atoms with E-state index in [1.807, 2.05) is 6.07 Å². The van der Waals surface area contributed by atoms with Crippen LogP contribution in [0, 0.1) is 0 Å². The lowest BCUT2D eigenvalue weighted by atomic mass is 10.1. The Labute approximate surface area is 118 Å². The Kier molecular flexibility index (Phi) is 3.37. The Morgan fingerprint density at radius 2 is 2.05 bits per heavy atom. The first-order chi connectivity index (χ1) is 9.78. The number of rotatable bonds is 3. The summed E-state index contributed by atoms with van der Waals surface area (Å²) in [5.41, 5.74) is 4.93. The van der Waals surface area contributed by atoms with Crippen molar-refractivity contribution in [2.24, 2.45) is 0 Å². The minimum absolute atomic E-state index is 0.139. The van der Waals surface area contributed by atoms with Gasteiger partial charge in [0.15, 0.2) is 0 Å². The fourth-order valence-electron chi connectivity index (χ4n) is 2.64. The van der Waals surface area contributed by atoms with Gasteiger partial charge in [0.2, 0.25) is 0 Å². The largest absolute Gasteiger partial charge is 0.387 e. The maximum Gasteiger partial charge on any atom is 0.259 e. The maximum absolute atomic E-state index is 12.3. The van der Waals surface area contributed by atoms with Crippen LogP contribution >= 0.6 is 0 Å². The van der Waals surface area contributed by atoms with Gasteiger partial charge < -0.3 is 10.6 Å². The molecule has 0 fully saturated rings. The second-order valence-corrected chi connectivity index (χ2v) is 4.96. The lowest BCUT2D eigenvalue weighted by molar-refractivity contribution is 0.102. The Bertz CT molecular complexity index is 652. The van der Waals surface area contributed by atoms with Gasteiger partial charge in [0.25, 0.3) is 5.91 Å². The Hall–Kier alpha value is -2.36. The minimum atomic E-state index is -0.139. The van der Waals surface area contributed by atoms with Crippen LogP contribution in [0.15, 0.2) is 36.7 Å². The molecule has 2 N–H and O–H groups in total. The molecule has 20 heavy (non-hydrogen) atoms. The van der Waals surface area contributed by atoms with Crippen molar-refractivity contribution in [3.05, 3.63) is 53.3 Å². The molecule has 0 saturated carbocycles. The van der Waals surface area contributed by atoms with Crippen LogP contribution in [-0.4, -0.2) is 17.9 Å². The third-order valence-corrected chi connectivity index (χ3v) is 3.69. The first-order valence-corrected chi connectivity index (χ1v) is 6.83. The highest BCUT2D eigenvalue weighted by atomic mass is 16.1. The van der Waals surface area contributed by atoms with Gasteiger partial charge in [-0.25, -0.2) is 0 Å². The zero-order valence-electron chi connectivity index (χ0n) is 11.4. The van der Waals surface area contributed by atoms with E-state index in [1.54, 1.807) is 25.5 Å². The van der Waals surface area contributed by atoms with Crippen LogP contribution in [0.5, 0.6) is 0 Å². The van der Waals surface area contributed by atoms with E-state index >= 15 is 0 Å². The predicted molar refractivity (Wildman–Crippen MR) is 80.2 cm³/mol. The Morgan fingerprint density at radius 3 is 2.90 bits per heavy atom. The van der Waals surface area contributed by atoms with Gasteiger partial charge in [0, 0.05) is 30.8 Å². The van der Waals surface area contributed by atoms with Crippen LogP contribution < -0.4 is 10.6 Å². The summed E-state index contributed by atoms with van der Waals surface area (Å²) < 4.78 is 0. The zero-order chi connectivity index (χ0) is 13.9. The average molecular weight is 267 g/mol. The number of carbonyl (C=O) groups excluding carboxylic acids is 1. The van der Waals surface area contributed by atoms with E-state index in [1.165, 1.54) is 17.5 Å². The number of fused-ring (bicyclic) bond motifs is 1. The van der Waals surface area contributed by atoms with Crippen molar-refractivity contribution in [2.75, 3.05) is 17.7 Å². The van der Waals surface area contributed by atoms with Crippen molar-refractivity contribution < 1.29 is 4.79 Å². The summed E-state index contributed by atoms with van der Waals surface area (Å²) in [6.07, 6.45) is 6.70. The summed E-state index contributed by atoms with van der Waals surface area (Å²) in [6, 6.07) is 7.95. The maximum atomic E-state index is 12.3. The van der Waals surface area contributed by atoms with Gasteiger partial charge in [-0.3, -0.25) is 9.78 Å². The van der Waals surface area contributed by atoms with Gasteiger partial charge in [0.05, 0.1) is 5.56 Å². The normalized spacial score (nSPS) is 12.8. The van der Waals surface area contributed by atoms with Crippen LogP contribution in [-0.2, 0) is 12.8 Å². The third-order valence-electron chi connectivity index (χ3n) is 3.69. The molecule has 1 aromatic heterocycles. The van der Waals surface area contributed by atoms with Gasteiger partial charge in [-0.2, -0.15) is 0 Å². The second-order valence-electron chi connectivity index (χ2n) is 4.96. The number of anilines is 2. The highest BCUT2D eigenvalue weighted by Crippen LogP contribution is 2.25. The second kappa shape index (κ2) is 5.33. The number of carbonyl (C=O) groups is 1. The highest BCUT2D eigenvalue weighted by molar-refractivity contribution is 6.07. The quantitative estimate of drug-likeness (QED) is 0.899. The number of aryl methyl sites for hydroxylation is 2. The lowest BCUT2D eigenvalue weighted by Crippen LogP contribution is -2.14. The van der Waals surface area contributed by atoms with Gasteiger partial charge in [-0.15, -0.1) is 0 Å². The van der Waals surface area contributed by atoms with E-state index in [9.17, 15) is 4.79 Å². The Morgan fingerprint density at radius 1 is 1.20 bits per heavy atom. The summed E-state index contributed by atoms with van der Waals surface area (Å²) in [7, 11) is 1.79. The molecule has 3 rings (SSSR count). The molecule has 1 amide bonds. The zero-order valence-corrected chi connectivity index (χ0v) is 11.4. The van der Waals surface area contributed by atoms with Crippen molar-refractivity contribution in [1.82, 2.24) is 4.98 Å². The number of pyridine rings is 1. The van der Waals surface area contributed by atoms with E-state index in [0.29, 0.717) is 5.56 Å². The molecule has 0 unspecified atom stereocenters. The van der Waals surface area contributed by atoms with E-state index in [4.69, 9.17) is 0 Å². The molecule has 0 radical (unpaired) electrons. The molecule has 1 heterocycles. The van der Waals surface area contributed by atoms with Crippen molar-refractivity contribution in [3.63, 3.8) is 0 Å². The summed E-state index contributed by atoms with van der Waals surface area (Å²) in [6.45, 7) is 0. The molecular formula is C16H17N3O. The first-order valence-electron chi connectivity index (χ1n) is 6.83. The molecule has 1 aromatic carbocycles. The molecule has 0 aliphatic heterocycles. The minimum Gasteiger partial charge on any atom is -0.387 e. The number of aromatic nitrogens is 1. The van der Waals surface area contributed by atoms with E-state index in [0.717, 1.165) is 24.2 Å². The van der Waals surface area contributed by atoms with Crippen LogP contribution in [0.1, 0.15) is 27.9 Å². The first kappa shape index (κ1) is 12.7. The molecule has 102 valence electrons. The predicted octanol–water partition coefficient (Wildman–Crippen LogP) is 2.86. The van der Waals surface area contributed by atoms with Crippen molar-refractivity contribution in [1.29, 1.82) is 0 Å². The van der Waals surface area contributed by atoms with Gasteiger partial charge in [-0.05, 0) is 48.6 Å². The molecule has 1 aliphatic rings. The van der Waals surface area contributed by atoms with Gasteiger partial charge in [-0.1, -0.05) is 6.07 Å². The number of benzene rings is 1. The lowest BCUT2D eigenvalue weighted by Gasteiger charge is -2.10. The van der Waals surface area contributed by atoms with Crippen LogP contribution in [0.25, 0.3) is 0 Å². The SMILES string of the molecule is CNc1ccncc1C(=O)Nc1ccc2c(c1)CCC2. The summed E-state index contributed by atoms with van der Waals surface area (Å²) >= 11 is 0. The van der Waals surface area contributed by atoms with Crippen LogP contribution in [0.3, 0.4) is 0 Å². The fourth-order valence-corrected chi connectivity index (χ4v) is 2.64. The highest BCUT2D eigenvalue weighted by Gasteiger charge is 2.14. The summed E-state index contributed by atoms with van der Waals surface area (Å²) in [5, 5.41) is 5.95. The molecule has 4 heteroatoms. The average Bonchev–Trinajstić information content (AvgIpc) is 2.94. The molecule has 0 saturated heterocycles. The molecule has 0 bridgehead atoms. The van der Waals surface area contributed by atoms with Crippen LogP contribution in [0.2, 0.25) is 0 Å². The van der Waals surface area contributed by atoms with Gasteiger partial charge in [0.1, 0.15) is 0 Å². The van der Waals surface area contributed by atoms with E-state index < -0.39 is 0 Å². The summed E-state index contributed by atoms with van der Waals surface area (Å²) in [5.74, 6) is -0.139.